The molecule has 82 valence electrons. The lowest BCUT2D eigenvalue weighted by atomic mass is 10.3. The van der Waals surface area contributed by atoms with Gasteiger partial charge in [0.2, 0.25) is 0 Å². The third-order valence-corrected chi connectivity index (χ3v) is 0.967. The smallest absolute Gasteiger partial charge is 0.290 e. The van der Waals surface area contributed by atoms with Crippen molar-refractivity contribution in [2.45, 2.75) is 0 Å². The van der Waals surface area contributed by atoms with Crippen LogP contribution in [0, 0.1) is 10.1 Å². The summed E-state index contributed by atoms with van der Waals surface area (Å²) in [5.74, 6) is 0. The Morgan fingerprint density at radius 3 is 1.60 bits per heavy atom. The minimum Gasteiger partial charge on any atom is -0.483 e. The van der Waals surface area contributed by atoms with Gasteiger partial charge < -0.3 is 10.2 Å². The Balaban J connectivity index is 0. The number of carbonyl (C=O) groups is 2. The number of carboxylic acid groups (broad SMARTS) is 2. The number of hydrogen-bond donors (Lipinski definition) is 2. The second-order valence-corrected chi connectivity index (χ2v) is 1.80. The SMILES string of the molecule is O=CO.O=CO.O=[N+]([O-])c1ccccc1. The Bertz CT molecular complexity index is 280. The molecule has 0 aliphatic rings. The van der Waals surface area contributed by atoms with Crippen LogP contribution in [0.25, 0.3) is 0 Å². The van der Waals surface area contributed by atoms with E-state index in [1.54, 1.807) is 18.2 Å². The van der Waals surface area contributed by atoms with E-state index in [1.807, 2.05) is 0 Å². The van der Waals surface area contributed by atoms with Gasteiger partial charge in [0.15, 0.2) is 0 Å². The zero-order valence-corrected chi connectivity index (χ0v) is 7.52. The Labute approximate surface area is 84.7 Å². The molecule has 0 fully saturated rings. The molecule has 0 aromatic heterocycles. The van der Waals surface area contributed by atoms with Crippen LogP contribution in [0.1, 0.15) is 0 Å². The fourth-order valence-electron chi connectivity index (χ4n) is 0.550. The zero-order chi connectivity index (χ0) is 12.1. The van der Waals surface area contributed by atoms with E-state index < -0.39 is 4.92 Å². The Morgan fingerprint density at radius 2 is 1.40 bits per heavy atom. The molecular weight excluding hydrogens is 206 g/mol. The van der Waals surface area contributed by atoms with E-state index in [0.29, 0.717) is 0 Å². The first-order chi connectivity index (χ1) is 7.13. The van der Waals surface area contributed by atoms with Gasteiger partial charge in [-0.15, -0.1) is 0 Å². The van der Waals surface area contributed by atoms with Gasteiger partial charge in [-0.25, -0.2) is 0 Å². The van der Waals surface area contributed by atoms with Gasteiger partial charge in [-0.05, 0) is 0 Å². The summed E-state index contributed by atoms with van der Waals surface area (Å²) < 4.78 is 0. The van der Waals surface area contributed by atoms with Crippen molar-refractivity contribution >= 4 is 18.6 Å². The highest BCUT2D eigenvalue weighted by Crippen LogP contribution is 2.06. The van der Waals surface area contributed by atoms with E-state index >= 15 is 0 Å². The van der Waals surface area contributed by atoms with Gasteiger partial charge in [-0.1, -0.05) is 18.2 Å². The van der Waals surface area contributed by atoms with Crippen LogP contribution in [0.5, 0.6) is 0 Å². The van der Waals surface area contributed by atoms with Gasteiger partial charge in [0.05, 0.1) is 4.92 Å². The van der Waals surface area contributed by atoms with Crippen LogP contribution < -0.4 is 0 Å². The number of nitro benzene ring substituents is 1. The molecule has 0 saturated heterocycles. The average Bonchev–Trinajstić information content (AvgIpc) is 2.21. The minimum atomic E-state index is -0.417. The number of benzene rings is 1. The summed E-state index contributed by atoms with van der Waals surface area (Å²) in [4.78, 5) is 26.3. The second kappa shape index (κ2) is 11.6. The summed E-state index contributed by atoms with van der Waals surface area (Å²) in [7, 11) is 0. The van der Waals surface area contributed by atoms with Crippen molar-refractivity contribution in [2.24, 2.45) is 0 Å². The van der Waals surface area contributed by atoms with Crippen LogP contribution in [0.2, 0.25) is 0 Å². The number of nitro groups is 1. The summed E-state index contributed by atoms with van der Waals surface area (Å²) in [6.07, 6.45) is 0. The van der Waals surface area contributed by atoms with E-state index in [9.17, 15) is 10.1 Å². The standard InChI is InChI=1S/C6H5NO2.2CH2O2/c8-7(9)6-4-2-1-3-5-6;2*2-1-3/h1-5H;2*1H,(H,2,3). The number of non-ortho nitro benzene ring substituents is 1. The minimum absolute atomic E-state index is 0.137. The van der Waals surface area contributed by atoms with Crippen molar-refractivity contribution in [1.29, 1.82) is 0 Å². The van der Waals surface area contributed by atoms with E-state index in [2.05, 4.69) is 0 Å². The van der Waals surface area contributed by atoms with Crippen molar-refractivity contribution in [2.75, 3.05) is 0 Å². The maximum atomic E-state index is 10.0. The first-order valence-corrected chi connectivity index (χ1v) is 3.49. The lowest BCUT2D eigenvalue weighted by Gasteiger charge is -1.85. The van der Waals surface area contributed by atoms with Crippen LogP contribution in [-0.4, -0.2) is 28.1 Å². The number of rotatable bonds is 1. The number of nitrogens with zero attached hydrogens (tertiary/aromatic N) is 1. The molecule has 0 atom stereocenters. The van der Waals surface area contributed by atoms with Gasteiger partial charge in [0, 0.05) is 12.1 Å². The van der Waals surface area contributed by atoms with Crippen molar-refractivity contribution < 1.29 is 24.7 Å². The molecule has 0 aliphatic carbocycles. The summed E-state index contributed by atoms with van der Waals surface area (Å²) >= 11 is 0. The Kier molecular flexibility index (Phi) is 11.6. The van der Waals surface area contributed by atoms with Crippen molar-refractivity contribution in [3.8, 4) is 0 Å². The average molecular weight is 215 g/mol. The fraction of sp³-hybridized carbons (Fsp3) is 0. The van der Waals surface area contributed by atoms with Crippen LogP contribution in [0.15, 0.2) is 30.3 Å². The summed E-state index contributed by atoms with van der Waals surface area (Å²) in [5, 5.41) is 23.8. The highest BCUT2D eigenvalue weighted by molar-refractivity contribution is 5.33. The fourth-order valence-corrected chi connectivity index (χ4v) is 0.550. The highest BCUT2D eigenvalue weighted by Gasteiger charge is 1.98. The van der Waals surface area contributed by atoms with E-state index in [4.69, 9.17) is 19.8 Å². The molecule has 0 spiro atoms. The first-order valence-electron chi connectivity index (χ1n) is 3.49. The summed E-state index contributed by atoms with van der Waals surface area (Å²) in [6.45, 7) is -0.500. The van der Waals surface area contributed by atoms with Crippen LogP contribution in [0.3, 0.4) is 0 Å². The molecule has 2 N–H and O–H groups in total. The van der Waals surface area contributed by atoms with E-state index in [-0.39, 0.29) is 18.6 Å². The van der Waals surface area contributed by atoms with Gasteiger partial charge in [0.1, 0.15) is 0 Å². The quantitative estimate of drug-likeness (QED) is 0.409. The second-order valence-electron chi connectivity index (χ2n) is 1.80. The summed E-state index contributed by atoms with van der Waals surface area (Å²) in [5.41, 5.74) is 0.137. The molecule has 1 aromatic rings. The number of hydrogen-bond acceptors (Lipinski definition) is 4. The molecule has 0 bridgehead atoms. The summed E-state index contributed by atoms with van der Waals surface area (Å²) in [6, 6.07) is 7.93. The van der Waals surface area contributed by atoms with Gasteiger partial charge in [0.25, 0.3) is 18.6 Å². The van der Waals surface area contributed by atoms with Crippen LogP contribution in [-0.2, 0) is 9.59 Å². The Morgan fingerprint density at radius 1 is 1.07 bits per heavy atom. The van der Waals surface area contributed by atoms with Gasteiger partial charge >= 0.3 is 0 Å². The maximum absolute atomic E-state index is 10.0. The topological polar surface area (TPSA) is 118 Å². The van der Waals surface area contributed by atoms with Crippen LogP contribution >= 0.6 is 0 Å². The predicted octanol–water partition coefficient (Wildman–Crippen LogP) is 0.996. The van der Waals surface area contributed by atoms with Gasteiger partial charge in [-0.2, -0.15) is 0 Å². The molecular formula is C8H9NO6. The maximum Gasteiger partial charge on any atom is 0.290 e. The molecule has 0 saturated carbocycles. The highest BCUT2D eigenvalue weighted by atomic mass is 16.6. The van der Waals surface area contributed by atoms with Gasteiger partial charge in [-0.3, -0.25) is 19.7 Å². The Hall–Kier alpha value is -2.44. The number of para-hydroxylation sites is 1. The first kappa shape index (κ1) is 15.1. The molecule has 0 radical (unpaired) electrons. The molecule has 0 aliphatic heterocycles. The molecule has 1 rings (SSSR count). The molecule has 1 aromatic carbocycles. The third kappa shape index (κ3) is 11.6. The largest absolute Gasteiger partial charge is 0.483 e. The predicted molar refractivity (Wildman–Crippen MR) is 50.5 cm³/mol. The molecule has 15 heavy (non-hydrogen) atoms. The lowest BCUT2D eigenvalue weighted by Crippen LogP contribution is -1.84. The third-order valence-electron chi connectivity index (χ3n) is 0.967. The van der Waals surface area contributed by atoms with E-state index in [0.717, 1.165) is 0 Å². The molecule has 0 amide bonds. The van der Waals surface area contributed by atoms with Crippen LogP contribution in [0.4, 0.5) is 5.69 Å². The van der Waals surface area contributed by atoms with E-state index in [1.165, 1.54) is 12.1 Å². The molecule has 7 heteroatoms. The molecule has 0 heterocycles. The zero-order valence-electron chi connectivity index (χ0n) is 7.52. The normalized spacial score (nSPS) is 6.93. The van der Waals surface area contributed by atoms with Crippen molar-refractivity contribution in [3.63, 3.8) is 0 Å². The molecule has 0 unspecified atom stereocenters. The lowest BCUT2D eigenvalue weighted by molar-refractivity contribution is -0.384. The monoisotopic (exact) mass is 215 g/mol. The molecule has 7 nitrogen and oxygen atoms in total. The van der Waals surface area contributed by atoms with Crippen molar-refractivity contribution in [3.05, 3.63) is 40.4 Å². The van der Waals surface area contributed by atoms with Crippen molar-refractivity contribution in [1.82, 2.24) is 0 Å².